The fourth-order valence-electron chi connectivity index (χ4n) is 3.15. The van der Waals surface area contributed by atoms with Crippen LogP contribution in [0.4, 0.5) is 0 Å². The summed E-state index contributed by atoms with van der Waals surface area (Å²) in [4.78, 5) is 14.6. The molecule has 0 aromatic carbocycles. The number of hydrogen-bond acceptors (Lipinski definition) is 5. The number of aryl methyl sites for hydroxylation is 1. The third kappa shape index (κ3) is 2.34. The topological polar surface area (TPSA) is 78.1 Å². The zero-order chi connectivity index (χ0) is 14.9. The van der Waals surface area contributed by atoms with Gasteiger partial charge in [-0.3, -0.25) is 9.48 Å². The number of likely N-dealkylation sites (tertiary alicyclic amines) is 1. The predicted molar refractivity (Wildman–Crippen MR) is 76.4 cm³/mol. The average Bonchev–Trinajstić information content (AvgIpc) is 3.27. The van der Waals surface area contributed by atoms with Gasteiger partial charge in [-0.1, -0.05) is 5.21 Å². The molecule has 8 nitrogen and oxygen atoms in total. The van der Waals surface area contributed by atoms with E-state index in [0.717, 1.165) is 39.0 Å². The number of ether oxygens (including phenoxy) is 1. The highest BCUT2D eigenvalue weighted by Gasteiger charge is 2.31. The first-order valence-electron chi connectivity index (χ1n) is 7.63. The Hall–Kier alpha value is -2.38. The second-order valence-corrected chi connectivity index (χ2v) is 5.82. The van der Waals surface area contributed by atoms with Crippen LogP contribution in [0.25, 0.3) is 0 Å². The molecule has 1 amide bonds. The smallest absolute Gasteiger partial charge is 0.260 e. The van der Waals surface area contributed by atoms with Crippen LogP contribution in [0, 0.1) is 5.92 Å². The van der Waals surface area contributed by atoms with Gasteiger partial charge < -0.3 is 9.64 Å². The lowest BCUT2D eigenvalue weighted by molar-refractivity contribution is 0.0778. The summed E-state index contributed by atoms with van der Waals surface area (Å²) in [6.07, 6.45) is 7.08. The van der Waals surface area contributed by atoms with Crippen molar-refractivity contribution in [3.8, 4) is 5.88 Å². The van der Waals surface area contributed by atoms with E-state index >= 15 is 0 Å². The number of fused-ring (bicyclic) bond motifs is 1. The summed E-state index contributed by atoms with van der Waals surface area (Å²) in [6, 6.07) is 0. The van der Waals surface area contributed by atoms with Crippen LogP contribution < -0.4 is 4.74 Å². The molecule has 8 heteroatoms. The summed E-state index contributed by atoms with van der Waals surface area (Å²) in [5.74, 6) is 1.05. The van der Waals surface area contributed by atoms with Crippen LogP contribution in [0.15, 0.2) is 18.6 Å². The maximum Gasteiger partial charge on any atom is 0.260 e. The van der Waals surface area contributed by atoms with Crippen molar-refractivity contribution in [2.75, 3.05) is 19.7 Å². The van der Waals surface area contributed by atoms with Gasteiger partial charge in [0, 0.05) is 38.8 Å². The Kier molecular flexibility index (Phi) is 3.28. The van der Waals surface area contributed by atoms with E-state index in [1.165, 1.54) is 0 Å². The highest BCUT2D eigenvalue weighted by atomic mass is 16.5. The fourth-order valence-corrected chi connectivity index (χ4v) is 3.15. The summed E-state index contributed by atoms with van der Waals surface area (Å²) >= 11 is 0. The maximum absolute atomic E-state index is 12.7. The van der Waals surface area contributed by atoms with E-state index in [1.54, 1.807) is 17.1 Å². The molecule has 2 aliphatic heterocycles. The summed E-state index contributed by atoms with van der Waals surface area (Å²) in [5.41, 5.74) is 0.584. The third-order valence-electron chi connectivity index (χ3n) is 4.26. The summed E-state index contributed by atoms with van der Waals surface area (Å²) in [6.45, 7) is 3.77. The summed E-state index contributed by atoms with van der Waals surface area (Å²) in [5, 5.41) is 12.0. The molecule has 0 radical (unpaired) electrons. The molecule has 0 spiro atoms. The molecular formula is C14H18N6O2. The Bertz CT molecular complexity index is 665. The van der Waals surface area contributed by atoms with Gasteiger partial charge in [0.05, 0.1) is 19.0 Å². The normalized spacial score (nSPS) is 20.7. The largest absolute Gasteiger partial charge is 0.477 e. The number of carbonyl (C=O) groups is 1. The predicted octanol–water partition coefficient (Wildman–Crippen LogP) is 0.419. The average molecular weight is 302 g/mol. The van der Waals surface area contributed by atoms with Crippen molar-refractivity contribution in [3.05, 3.63) is 24.2 Å². The van der Waals surface area contributed by atoms with E-state index < -0.39 is 0 Å². The fraction of sp³-hybridized carbons (Fsp3) is 0.571. The van der Waals surface area contributed by atoms with Crippen LogP contribution in [-0.4, -0.2) is 55.3 Å². The lowest BCUT2D eigenvalue weighted by atomic mass is 10.1. The number of rotatable bonds is 3. The van der Waals surface area contributed by atoms with E-state index in [0.29, 0.717) is 24.0 Å². The van der Waals surface area contributed by atoms with Gasteiger partial charge in [-0.25, -0.2) is 4.68 Å². The molecule has 0 aliphatic carbocycles. The van der Waals surface area contributed by atoms with Crippen molar-refractivity contribution in [3.63, 3.8) is 0 Å². The minimum absolute atomic E-state index is 0.0178. The first-order chi connectivity index (χ1) is 10.8. The molecule has 22 heavy (non-hydrogen) atoms. The first-order valence-corrected chi connectivity index (χ1v) is 7.63. The Morgan fingerprint density at radius 2 is 2.36 bits per heavy atom. The Morgan fingerprint density at radius 3 is 3.23 bits per heavy atom. The summed E-state index contributed by atoms with van der Waals surface area (Å²) in [7, 11) is 0. The molecule has 1 unspecified atom stereocenters. The molecule has 2 aromatic heterocycles. The van der Waals surface area contributed by atoms with Crippen molar-refractivity contribution < 1.29 is 9.53 Å². The SMILES string of the molecule is O=C(c1cnn2c1OCCC2)N1CCC(Cn2ccnn2)C1. The molecule has 4 rings (SSSR count). The molecule has 4 heterocycles. The quantitative estimate of drug-likeness (QED) is 0.821. The van der Waals surface area contributed by atoms with E-state index in [4.69, 9.17) is 4.74 Å². The minimum Gasteiger partial charge on any atom is -0.477 e. The molecule has 2 aliphatic rings. The highest BCUT2D eigenvalue weighted by Crippen LogP contribution is 2.26. The standard InChI is InChI=1S/C14H18N6O2/c21-13(12-8-16-20-4-1-7-22-14(12)20)18-5-2-11(9-18)10-19-6-3-15-17-19/h3,6,8,11H,1-2,4-5,7,9-10H2. The van der Waals surface area contributed by atoms with Crippen LogP contribution in [0.3, 0.4) is 0 Å². The van der Waals surface area contributed by atoms with Crippen molar-refractivity contribution in [2.45, 2.75) is 25.9 Å². The van der Waals surface area contributed by atoms with Gasteiger partial charge in [0.25, 0.3) is 5.91 Å². The van der Waals surface area contributed by atoms with Crippen molar-refractivity contribution in [2.24, 2.45) is 5.92 Å². The van der Waals surface area contributed by atoms with Gasteiger partial charge in [-0.2, -0.15) is 5.10 Å². The van der Waals surface area contributed by atoms with Gasteiger partial charge in [0.1, 0.15) is 5.56 Å². The Balaban J connectivity index is 1.44. The van der Waals surface area contributed by atoms with Crippen molar-refractivity contribution >= 4 is 5.91 Å². The van der Waals surface area contributed by atoms with E-state index in [2.05, 4.69) is 15.4 Å². The maximum atomic E-state index is 12.7. The molecule has 116 valence electrons. The van der Waals surface area contributed by atoms with Crippen molar-refractivity contribution in [1.29, 1.82) is 0 Å². The lowest BCUT2D eigenvalue weighted by Gasteiger charge is -2.19. The number of hydrogen-bond donors (Lipinski definition) is 0. The number of amides is 1. The van der Waals surface area contributed by atoms with E-state index in [1.807, 2.05) is 15.8 Å². The van der Waals surface area contributed by atoms with Gasteiger partial charge in [-0.05, 0) is 12.3 Å². The Labute approximate surface area is 127 Å². The third-order valence-corrected chi connectivity index (χ3v) is 4.26. The number of nitrogens with zero attached hydrogens (tertiary/aromatic N) is 6. The first kappa shape index (κ1) is 13.3. The van der Waals surface area contributed by atoms with Gasteiger partial charge in [0.2, 0.25) is 5.88 Å². The van der Waals surface area contributed by atoms with Crippen LogP contribution in [-0.2, 0) is 13.1 Å². The lowest BCUT2D eigenvalue weighted by Crippen LogP contribution is -2.30. The second kappa shape index (κ2) is 5.43. The zero-order valence-corrected chi connectivity index (χ0v) is 12.3. The molecule has 1 saturated heterocycles. The molecule has 2 aromatic rings. The summed E-state index contributed by atoms with van der Waals surface area (Å²) < 4.78 is 9.22. The number of aromatic nitrogens is 5. The number of carbonyl (C=O) groups excluding carboxylic acids is 1. The van der Waals surface area contributed by atoms with Crippen LogP contribution in [0.2, 0.25) is 0 Å². The van der Waals surface area contributed by atoms with Gasteiger partial charge >= 0.3 is 0 Å². The molecule has 1 atom stereocenters. The molecule has 1 fully saturated rings. The van der Waals surface area contributed by atoms with Crippen LogP contribution in [0.1, 0.15) is 23.2 Å². The van der Waals surface area contributed by atoms with Crippen LogP contribution >= 0.6 is 0 Å². The van der Waals surface area contributed by atoms with Crippen LogP contribution in [0.5, 0.6) is 5.88 Å². The van der Waals surface area contributed by atoms with Crippen molar-refractivity contribution in [1.82, 2.24) is 29.7 Å². The minimum atomic E-state index is 0.0178. The molecule has 0 N–H and O–H groups in total. The van der Waals surface area contributed by atoms with Gasteiger partial charge in [-0.15, -0.1) is 5.10 Å². The Morgan fingerprint density at radius 1 is 1.41 bits per heavy atom. The van der Waals surface area contributed by atoms with E-state index in [9.17, 15) is 4.79 Å². The molecule has 0 saturated carbocycles. The van der Waals surface area contributed by atoms with E-state index in [-0.39, 0.29) is 5.91 Å². The monoisotopic (exact) mass is 302 g/mol. The second-order valence-electron chi connectivity index (χ2n) is 5.82. The van der Waals surface area contributed by atoms with Gasteiger partial charge in [0.15, 0.2) is 0 Å². The molecule has 0 bridgehead atoms. The molecular weight excluding hydrogens is 284 g/mol. The highest BCUT2D eigenvalue weighted by molar-refractivity contribution is 5.96. The zero-order valence-electron chi connectivity index (χ0n) is 12.3.